The summed E-state index contributed by atoms with van der Waals surface area (Å²) in [5, 5.41) is 0. The third-order valence-electron chi connectivity index (χ3n) is 6.21. The minimum atomic E-state index is -0.497. The van der Waals surface area contributed by atoms with Crippen molar-refractivity contribution in [3.05, 3.63) is 72.3 Å². The predicted molar refractivity (Wildman–Crippen MR) is 142 cm³/mol. The summed E-state index contributed by atoms with van der Waals surface area (Å²) >= 11 is 0. The number of hydrogen-bond acceptors (Lipinski definition) is 7. The van der Waals surface area contributed by atoms with Crippen molar-refractivity contribution < 1.29 is 23.8 Å². The van der Waals surface area contributed by atoms with E-state index in [1.807, 2.05) is 6.08 Å². The second-order valence-electron chi connectivity index (χ2n) is 9.02. The first-order chi connectivity index (χ1) is 17.4. The Labute approximate surface area is 213 Å². The number of ether oxygens (including phenoxy) is 3. The molecule has 0 heterocycles. The molecule has 2 aromatic carbocycles. The van der Waals surface area contributed by atoms with Crippen LogP contribution in [0.1, 0.15) is 56.1 Å². The molecule has 2 aromatic rings. The Morgan fingerprint density at radius 3 is 2.47 bits per heavy atom. The zero-order valence-corrected chi connectivity index (χ0v) is 20.7. The van der Waals surface area contributed by atoms with Gasteiger partial charge in [0.05, 0.1) is 12.0 Å². The van der Waals surface area contributed by atoms with Gasteiger partial charge in [0, 0.05) is 29.6 Å². The molecule has 0 amide bonds. The van der Waals surface area contributed by atoms with Crippen molar-refractivity contribution in [3.63, 3.8) is 0 Å². The first-order valence-electron chi connectivity index (χ1n) is 12.5. The molecule has 36 heavy (non-hydrogen) atoms. The van der Waals surface area contributed by atoms with Gasteiger partial charge < -0.3 is 25.7 Å². The minimum absolute atomic E-state index is 0.0404. The molecule has 0 spiro atoms. The SMILES string of the molecule is C=CCCCCOC1CCC(C(=O)Oc2ccc(C=CC(=O)OCc3cc(N)ccc3N)cc2)CC1. The number of benzene rings is 2. The predicted octanol–water partition coefficient (Wildman–Crippen LogP) is 5.44. The number of carbonyl (C=O) groups excluding carboxylic acids is 2. The number of nitrogen functional groups attached to an aromatic ring is 2. The molecule has 192 valence electrons. The molecule has 7 heteroatoms. The van der Waals surface area contributed by atoms with Crippen molar-refractivity contribution >= 4 is 29.4 Å². The van der Waals surface area contributed by atoms with Crippen molar-refractivity contribution in [1.82, 2.24) is 0 Å². The van der Waals surface area contributed by atoms with Crippen LogP contribution in [0.2, 0.25) is 0 Å². The third-order valence-corrected chi connectivity index (χ3v) is 6.21. The third kappa shape index (κ3) is 8.89. The van der Waals surface area contributed by atoms with E-state index < -0.39 is 5.97 Å². The fourth-order valence-corrected chi connectivity index (χ4v) is 4.06. The lowest BCUT2D eigenvalue weighted by Crippen LogP contribution is -2.29. The highest BCUT2D eigenvalue weighted by molar-refractivity contribution is 5.87. The smallest absolute Gasteiger partial charge is 0.331 e. The number of unbranched alkanes of at least 4 members (excludes halogenated alkanes) is 2. The molecule has 4 N–H and O–H groups in total. The molecule has 0 atom stereocenters. The van der Waals surface area contributed by atoms with E-state index >= 15 is 0 Å². The second-order valence-corrected chi connectivity index (χ2v) is 9.02. The largest absolute Gasteiger partial charge is 0.458 e. The van der Waals surface area contributed by atoms with Crippen molar-refractivity contribution in [2.45, 2.75) is 57.7 Å². The molecule has 0 aromatic heterocycles. The Morgan fingerprint density at radius 2 is 1.75 bits per heavy atom. The normalized spacial score (nSPS) is 17.6. The first-order valence-corrected chi connectivity index (χ1v) is 12.5. The van der Waals surface area contributed by atoms with Gasteiger partial charge in [0.1, 0.15) is 12.4 Å². The molecule has 0 aliphatic heterocycles. The molecule has 1 saturated carbocycles. The van der Waals surface area contributed by atoms with Gasteiger partial charge in [-0.05, 0) is 86.9 Å². The van der Waals surface area contributed by atoms with Gasteiger partial charge in [0.15, 0.2) is 0 Å². The molecule has 0 bridgehead atoms. The Morgan fingerprint density at radius 1 is 1.00 bits per heavy atom. The summed E-state index contributed by atoms with van der Waals surface area (Å²) in [6.45, 7) is 4.54. The lowest BCUT2D eigenvalue weighted by molar-refractivity contribution is -0.141. The fraction of sp³-hybridized carbons (Fsp3) is 0.379. The van der Waals surface area contributed by atoms with Crippen LogP contribution in [0.5, 0.6) is 5.75 Å². The monoisotopic (exact) mass is 492 g/mol. The molecule has 7 nitrogen and oxygen atoms in total. The van der Waals surface area contributed by atoms with Gasteiger partial charge in [-0.1, -0.05) is 18.2 Å². The number of nitrogens with two attached hydrogens (primary N) is 2. The number of rotatable bonds is 12. The van der Waals surface area contributed by atoms with E-state index in [4.69, 9.17) is 25.7 Å². The summed E-state index contributed by atoms with van der Waals surface area (Å²) in [5.74, 6) is -0.317. The van der Waals surface area contributed by atoms with Crippen LogP contribution in [0.4, 0.5) is 11.4 Å². The average molecular weight is 493 g/mol. The lowest BCUT2D eigenvalue weighted by Gasteiger charge is -2.27. The van der Waals surface area contributed by atoms with Crippen LogP contribution in [-0.2, 0) is 25.7 Å². The van der Waals surface area contributed by atoms with Gasteiger partial charge in [-0.3, -0.25) is 4.79 Å². The highest BCUT2D eigenvalue weighted by Gasteiger charge is 2.28. The molecule has 0 radical (unpaired) electrons. The topological polar surface area (TPSA) is 114 Å². The van der Waals surface area contributed by atoms with Crippen molar-refractivity contribution in [2.24, 2.45) is 5.92 Å². The van der Waals surface area contributed by atoms with Crippen LogP contribution in [0.15, 0.2) is 61.2 Å². The molecule has 1 fully saturated rings. The quantitative estimate of drug-likeness (QED) is 0.101. The van der Waals surface area contributed by atoms with E-state index in [1.165, 1.54) is 6.08 Å². The Kier molecular flexibility index (Phi) is 10.6. The zero-order chi connectivity index (χ0) is 25.8. The molecule has 0 unspecified atom stereocenters. The van der Waals surface area contributed by atoms with E-state index in [-0.39, 0.29) is 24.6 Å². The van der Waals surface area contributed by atoms with Crippen molar-refractivity contribution in [3.8, 4) is 5.75 Å². The molecular weight excluding hydrogens is 456 g/mol. The fourth-order valence-electron chi connectivity index (χ4n) is 4.06. The van der Waals surface area contributed by atoms with E-state index in [9.17, 15) is 9.59 Å². The van der Waals surface area contributed by atoms with Crippen LogP contribution < -0.4 is 16.2 Å². The van der Waals surface area contributed by atoms with Gasteiger partial charge in [0.25, 0.3) is 0 Å². The second kappa shape index (κ2) is 14.1. The summed E-state index contributed by atoms with van der Waals surface area (Å²) in [6, 6.07) is 12.0. The van der Waals surface area contributed by atoms with Crippen molar-refractivity contribution in [2.75, 3.05) is 18.1 Å². The molecule has 3 rings (SSSR count). The van der Waals surface area contributed by atoms with Gasteiger partial charge >= 0.3 is 11.9 Å². The molecule has 1 aliphatic carbocycles. The standard InChI is InChI=1S/C29H36N2O5/c1-2-3-4-5-18-34-25-14-9-22(10-15-25)29(33)36-26-12-6-21(7-13-26)8-17-28(32)35-20-23-19-24(30)11-16-27(23)31/h2,6-8,11-13,16-17,19,22,25H,1,3-5,9-10,14-15,18,20,30-31H2. The summed E-state index contributed by atoms with van der Waals surface area (Å²) in [4.78, 5) is 24.6. The Hall–Kier alpha value is -3.58. The number of allylic oxidation sites excluding steroid dienone is 1. The number of esters is 2. The summed E-state index contributed by atoms with van der Waals surface area (Å²) in [5.41, 5.74) is 14.1. The van der Waals surface area contributed by atoms with Crippen LogP contribution >= 0.6 is 0 Å². The maximum absolute atomic E-state index is 12.6. The highest BCUT2D eigenvalue weighted by atomic mass is 16.5. The van der Waals surface area contributed by atoms with Gasteiger partial charge in [-0.15, -0.1) is 6.58 Å². The average Bonchev–Trinajstić information content (AvgIpc) is 2.89. The Bertz CT molecular complexity index is 1040. The summed E-state index contributed by atoms with van der Waals surface area (Å²) in [7, 11) is 0. The number of anilines is 2. The Balaban J connectivity index is 1.38. The highest BCUT2D eigenvalue weighted by Crippen LogP contribution is 2.28. The van der Waals surface area contributed by atoms with Crippen LogP contribution in [0, 0.1) is 5.92 Å². The van der Waals surface area contributed by atoms with E-state index in [1.54, 1.807) is 48.5 Å². The minimum Gasteiger partial charge on any atom is -0.458 e. The number of hydrogen-bond donors (Lipinski definition) is 2. The van der Waals surface area contributed by atoms with E-state index in [0.29, 0.717) is 22.7 Å². The van der Waals surface area contributed by atoms with Crippen LogP contribution in [0.3, 0.4) is 0 Å². The summed E-state index contributed by atoms with van der Waals surface area (Å²) < 4.78 is 16.7. The van der Waals surface area contributed by atoms with Gasteiger partial charge in [-0.2, -0.15) is 0 Å². The number of carbonyl (C=O) groups is 2. The maximum atomic E-state index is 12.6. The van der Waals surface area contributed by atoms with E-state index in [0.717, 1.165) is 57.1 Å². The van der Waals surface area contributed by atoms with Crippen LogP contribution in [0.25, 0.3) is 6.08 Å². The van der Waals surface area contributed by atoms with E-state index in [2.05, 4.69) is 6.58 Å². The maximum Gasteiger partial charge on any atom is 0.331 e. The molecule has 0 saturated heterocycles. The van der Waals surface area contributed by atoms with Crippen molar-refractivity contribution in [1.29, 1.82) is 0 Å². The van der Waals surface area contributed by atoms with Gasteiger partial charge in [0.2, 0.25) is 0 Å². The lowest BCUT2D eigenvalue weighted by atomic mass is 9.87. The molecular formula is C29H36N2O5. The van der Waals surface area contributed by atoms with Gasteiger partial charge in [-0.25, -0.2) is 4.79 Å². The zero-order valence-electron chi connectivity index (χ0n) is 20.7. The molecule has 1 aliphatic rings. The van der Waals surface area contributed by atoms with Crippen LogP contribution in [-0.4, -0.2) is 24.6 Å². The summed E-state index contributed by atoms with van der Waals surface area (Å²) in [6.07, 6.45) is 11.6. The first kappa shape index (κ1) is 27.0.